The Bertz CT molecular complexity index is 775. The van der Waals surface area contributed by atoms with Crippen LogP contribution in [-0.4, -0.2) is 32.1 Å². The minimum absolute atomic E-state index is 0.0213. The lowest BCUT2D eigenvalue weighted by atomic mass is 9.82. The van der Waals surface area contributed by atoms with Gasteiger partial charge in [-0.1, -0.05) is 32.9 Å². The number of carbonyl (C=O) groups is 1. The molecule has 0 aliphatic heterocycles. The first-order chi connectivity index (χ1) is 12.0. The van der Waals surface area contributed by atoms with E-state index in [9.17, 15) is 4.79 Å². The largest absolute Gasteiger partial charge is 0.334 e. The van der Waals surface area contributed by atoms with Gasteiger partial charge in [-0.2, -0.15) is 0 Å². The maximum absolute atomic E-state index is 12.6. The first-order valence-electron chi connectivity index (χ1n) is 9.23. The molecule has 0 bridgehead atoms. The molecular formula is C21H34N4O+2. The predicted octanol–water partition coefficient (Wildman–Crippen LogP) is 2.44. The maximum Gasteiger partial charge on any atom is 0.279 e. The molecule has 0 spiro atoms. The topological polar surface area (TPSA) is 63.1 Å². The van der Waals surface area contributed by atoms with Gasteiger partial charge in [0.15, 0.2) is 6.54 Å². The monoisotopic (exact) mass is 358 g/mol. The van der Waals surface area contributed by atoms with Gasteiger partial charge in [-0.05, 0) is 31.4 Å². The van der Waals surface area contributed by atoms with Crippen molar-refractivity contribution in [2.24, 2.45) is 5.41 Å². The van der Waals surface area contributed by atoms with E-state index in [0.717, 1.165) is 28.8 Å². The van der Waals surface area contributed by atoms with Crippen molar-refractivity contribution in [2.45, 2.75) is 46.6 Å². The summed E-state index contributed by atoms with van der Waals surface area (Å²) in [5, 5.41) is 6.25. The van der Waals surface area contributed by atoms with E-state index < -0.39 is 0 Å². The van der Waals surface area contributed by atoms with Gasteiger partial charge in [0.2, 0.25) is 0 Å². The Morgan fingerprint density at radius 3 is 2.42 bits per heavy atom. The number of fused-ring (bicyclic) bond motifs is 1. The highest BCUT2D eigenvalue weighted by Gasteiger charge is 2.29. The average molecular weight is 359 g/mol. The molecule has 0 unspecified atom stereocenters. The van der Waals surface area contributed by atoms with Gasteiger partial charge in [-0.15, -0.1) is 0 Å². The molecule has 0 fully saturated rings. The van der Waals surface area contributed by atoms with Crippen LogP contribution in [0.5, 0.6) is 0 Å². The number of hydrogen-bond acceptors (Lipinski definition) is 2. The van der Waals surface area contributed by atoms with Crippen LogP contribution in [0.4, 0.5) is 11.5 Å². The van der Waals surface area contributed by atoms with Gasteiger partial charge in [0.25, 0.3) is 11.7 Å². The Balaban J connectivity index is 2.14. The number of para-hydroxylation sites is 1. The van der Waals surface area contributed by atoms with Crippen molar-refractivity contribution >= 4 is 28.3 Å². The summed E-state index contributed by atoms with van der Waals surface area (Å²) in [6.07, 6.45) is 1.04. The smallest absolute Gasteiger partial charge is 0.279 e. The zero-order chi connectivity index (χ0) is 19.5. The Kier molecular flexibility index (Phi) is 5.91. The molecule has 0 radical (unpaired) electrons. The highest BCUT2D eigenvalue weighted by atomic mass is 16.1. The van der Waals surface area contributed by atoms with Crippen molar-refractivity contribution in [3.63, 3.8) is 0 Å². The lowest BCUT2D eigenvalue weighted by Gasteiger charge is -2.30. The Labute approximate surface area is 157 Å². The minimum atomic E-state index is 0.0213. The summed E-state index contributed by atoms with van der Waals surface area (Å²) >= 11 is 0. The van der Waals surface area contributed by atoms with Gasteiger partial charge in [-0.25, -0.2) is 4.98 Å². The molecule has 5 heteroatoms. The fourth-order valence-electron chi connectivity index (χ4n) is 3.57. The number of aromatic nitrogens is 1. The summed E-state index contributed by atoms with van der Waals surface area (Å²) < 4.78 is 0. The molecule has 5 nitrogen and oxygen atoms in total. The van der Waals surface area contributed by atoms with Crippen molar-refractivity contribution < 1.29 is 15.1 Å². The third-order valence-corrected chi connectivity index (χ3v) is 4.34. The number of aromatic amines is 1. The van der Waals surface area contributed by atoms with Crippen molar-refractivity contribution in [1.29, 1.82) is 0 Å². The predicted molar refractivity (Wildman–Crippen MR) is 108 cm³/mol. The standard InChI is InChI=1S/C21H32N4O/c1-20(2,3)14-21(4,5)22-13-19(26)24-17-12-18(25(6)7)23-16-11-9-8-10-15(16)17/h8-12,22H,13-14H2,1-7H3,(H,23,24,26)/p+2. The Morgan fingerprint density at radius 1 is 1.15 bits per heavy atom. The van der Waals surface area contributed by atoms with Gasteiger partial charge >= 0.3 is 0 Å². The number of quaternary nitrogens is 1. The van der Waals surface area contributed by atoms with Crippen LogP contribution in [0.1, 0.15) is 41.0 Å². The van der Waals surface area contributed by atoms with E-state index in [4.69, 9.17) is 0 Å². The zero-order valence-electron chi connectivity index (χ0n) is 17.2. The lowest BCUT2D eigenvalue weighted by molar-refractivity contribution is -0.713. The quantitative estimate of drug-likeness (QED) is 0.833. The zero-order valence-corrected chi connectivity index (χ0v) is 17.2. The summed E-state index contributed by atoms with van der Waals surface area (Å²) in [6, 6.07) is 10.0. The third-order valence-electron chi connectivity index (χ3n) is 4.34. The van der Waals surface area contributed by atoms with Gasteiger partial charge in [-0.3, -0.25) is 9.69 Å². The number of carbonyl (C=O) groups excluding carboxylic acids is 1. The van der Waals surface area contributed by atoms with E-state index in [2.05, 4.69) is 50.2 Å². The molecule has 26 heavy (non-hydrogen) atoms. The third kappa shape index (κ3) is 5.70. The molecule has 1 aromatic heterocycles. The van der Waals surface area contributed by atoms with Gasteiger partial charge in [0, 0.05) is 11.8 Å². The number of pyridine rings is 1. The molecule has 2 rings (SSSR count). The molecule has 4 N–H and O–H groups in total. The van der Waals surface area contributed by atoms with Crippen molar-refractivity contribution in [2.75, 3.05) is 30.9 Å². The number of hydrogen-bond donors (Lipinski definition) is 2. The van der Waals surface area contributed by atoms with E-state index in [1.54, 1.807) is 0 Å². The fraction of sp³-hybridized carbons (Fsp3) is 0.524. The van der Waals surface area contributed by atoms with E-state index in [0.29, 0.717) is 6.54 Å². The summed E-state index contributed by atoms with van der Waals surface area (Å²) in [5.41, 5.74) is 2.11. The summed E-state index contributed by atoms with van der Waals surface area (Å²) in [4.78, 5) is 18.0. The molecule has 0 saturated heterocycles. The van der Waals surface area contributed by atoms with Crippen molar-refractivity contribution in [3.8, 4) is 0 Å². The van der Waals surface area contributed by atoms with Gasteiger partial charge in [0.1, 0.15) is 5.52 Å². The molecule has 1 heterocycles. The molecule has 0 aliphatic carbocycles. The number of rotatable bonds is 6. The Hall–Kier alpha value is -2.14. The van der Waals surface area contributed by atoms with Crippen LogP contribution < -0.4 is 20.5 Å². The SMILES string of the molecule is CN(C)c1cc(NC(=O)C[NH2+]C(C)(C)CC(C)(C)C)c2ccccc2[nH+]1. The number of nitrogens with one attached hydrogen (secondary N) is 2. The van der Waals surface area contributed by atoms with Crippen LogP contribution >= 0.6 is 0 Å². The maximum atomic E-state index is 12.6. The van der Waals surface area contributed by atoms with E-state index >= 15 is 0 Å². The molecule has 1 aromatic carbocycles. The first kappa shape index (κ1) is 20.2. The van der Waals surface area contributed by atoms with Crippen LogP contribution in [-0.2, 0) is 4.79 Å². The van der Waals surface area contributed by atoms with Crippen molar-refractivity contribution in [1.82, 2.24) is 0 Å². The second-order valence-electron chi connectivity index (χ2n) is 9.19. The van der Waals surface area contributed by atoms with Crippen LogP contribution in [0, 0.1) is 5.41 Å². The number of benzene rings is 1. The van der Waals surface area contributed by atoms with E-state index in [1.165, 1.54) is 0 Å². The normalized spacial score (nSPS) is 12.3. The molecular weight excluding hydrogens is 324 g/mol. The molecule has 0 saturated carbocycles. The molecule has 0 aliphatic rings. The number of nitrogens with zero attached hydrogens (tertiary/aromatic N) is 1. The van der Waals surface area contributed by atoms with Gasteiger partial charge < -0.3 is 10.6 Å². The minimum Gasteiger partial charge on any atom is -0.334 e. The summed E-state index contributed by atoms with van der Waals surface area (Å²) in [6.45, 7) is 11.5. The van der Waals surface area contributed by atoms with Crippen LogP contribution in [0.2, 0.25) is 0 Å². The highest BCUT2D eigenvalue weighted by molar-refractivity contribution is 6.00. The number of nitrogens with two attached hydrogens (primary N) is 1. The lowest BCUT2D eigenvalue weighted by Crippen LogP contribution is -2.97. The second-order valence-corrected chi connectivity index (χ2v) is 9.19. The molecule has 1 amide bonds. The van der Waals surface area contributed by atoms with Crippen molar-refractivity contribution in [3.05, 3.63) is 30.3 Å². The Morgan fingerprint density at radius 2 is 1.81 bits per heavy atom. The summed E-state index contributed by atoms with van der Waals surface area (Å²) in [5.74, 6) is 0.976. The fourth-order valence-corrected chi connectivity index (χ4v) is 3.57. The number of amides is 1. The summed E-state index contributed by atoms with van der Waals surface area (Å²) in [7, 11) is 3.96. The van der Waals surface area contributed by atoms with E-state index in [-0.39, 0.29) is 16.9 Å². The van der Waals surface area contributed by atoms with E-state index in [1.807, 2.05) is 49.3 Å². The molecule has 142 valence electrons. The van der Waals surface area contributed by atoms with Crippen LogP contribution in [0.15, 0.2) is 30.3 Å². The number of anilines is 2. The highest BCUT2D eigenvalue weighted by Crippen LogP contribution is 2.25. The number of H-pyrrole nitrogens is 1. The van der Waals surface area contributed by atoms with Gasteiger partial charge in [0.05, 0.1) is 31.4 Å². The second kappa shape index (κ2) is 7.62. The van der Waals surface area contributed by atoms with Crippen LogP contribution in [0.25, 0.3) is 10.9 Å². The molecule has 2 aromatic rings. The molecule has 0 atom stereocenters. The average Bonchev–Trinajstić information content (AvgIpc) is 2.50. The first-order valence-corrected chi connectivity index (χ1v) is 9.23. The van der Waals surface area contributed by atoms with Crippen LogP contribution in [0.3, 0.4) is 0 Å².